The summed E-state index contributed by atoms with van der Waals surface area (Å²) in [6, 6.07) is 36.4. The fourth-order valence-corrected chi connectivity index (χ4v) is 22.0. The van der Waals surface area contributed by atoms with Crippen LogP contribution in [0.3, 0.4) is 0 Å². The molecule has 4 fully saturated rings. The molecule has 10 unspecified atom stereocenters. The predicted octanol–water partition coefficient (Wildman–Crippen LogP) is 18.8. The van der Waals surface area contributed by atoms with E-state index in [0.29, 0.717) is 57.3 Å². The zero-order valence-corrected chi connectivity index (χ0v) is 69.6. The number of halogens is 3. The molecule has 602 valence electrons. The van der Waals surface area contributed by atoms with Crippen molar-refractivity contribution in [1.29, 1.82) is 0 Å². The van der Waals surface area contributed by atoms with Crippen molar-refractivity contribution in [2.24, 2.45) is 0 Å². The maximum Gasteiger partial charge on any atom is 0.153 e. The van der Waals surface area contributed by atoms with Gasteiger partial charge in [0.1, 0.15) is 22.4 Å². The molecular formula is C96H113ClF2N12O4. The van der Waals surface area contributed by atoms with Crippen molar-refractivity contribution in [2.45, 2.75) is 231 Å². The Kier molecular flexibility index (Phi) is 21.3. The number of fused-ring (bicyclic) bond motifs is 20. The molecule has 0 amide bonds. The van der Waals surface area contributed by atoms with E-state index in [9.17, 15) is 20.4 Å². The number of aliphatic hydroxyl groups is 4. The molecule has 0 bridgehead atoms. The minimum Gasteiger partial charge on any atom is -0.384 e. The molecule has 16 heterocycles. The first kappa shape index (κ1) is 79.0. The molecule has 20 rings (SSSR count). The minimum atomic E-state index is -1.14. The number of alkyl halides is 2. The van der Waals surface area contributed by atoms with Gasteiger partial charge in [0.25, 0.3) is 0 Å². The third-order valence-corrected chi connectivity index (χ3v) is 27.1. The standard InChI is InChI=1S/C26H33N3O.C24H28FN3O.C23H26ClN3O.C23H26FN3O/c1-17(2)20-14-18(3)15-21-24-22-6-5-12-28(22)13-9-23(24)29(25(20)21)16-26(4,30)19-7-10-27-11-8-19;1-15-10-16(2)22-18(11-15)21-20-7-5-9-27(20)13-19(25)23(21)28(22)14-24(3,29)17-6-4-8-26-12-17;1-15-12-17-21-19-4-3-10-26(19)11-7-20(21)27(22(17)18(24)13-15)14-23(2,28)16-5-8-25-9-6-16;1-15-7-8-19-17(11-15)21-20-6-4-10-26(20)13-18(24)22(21)27(19)14-23(2,28)16-5-3-9-25-12-16/h7-8,10-11,14-15,17,22,30H,5-6,9,12-13,16H2,1-4H3;4,6,8,10-12,19-20,29H,5,7,9,13-14H2,1-3H3;5-6,8-9,12-13,19,28H,3-4,7,10-11,14H2,1-2H3;3,5,7-9,11-12,18,20,28H,4,6,10,13-14H2,1-2H3. The quantitative estimate of drug-likeness (QED) is 0.0865. The van der Waals surface area contributed by atoms with Crippen molar-refractivity contribution in [3.8, 4) is 0 Å². The van der Waals surface area contributed by atoms with Gasteiger partial charge in [0, 0.05) is 173 Å². The summed E-state index contributed by atoms with van der Waals surface area (Å²) in [5.74, 6) is 0.438. The Bertz CT molecular complexity index is 5600. The van der Waals surface area contributed by atoms with Crippen molar-refractivity contribution >= 4 is 55.2 Å². The second-order valence-corrected chi connectivity index (χ2v) is 36.3. The molecule has 8 aliphatic heterocycles. The highest BCUT2D eigenvalue weighted by molar-refractivity contribution is 6.35. The Balaban J connectivity index is 0.000000111. The molecule has 0 saturated carbocycles. The van der Waals surface area contributed by atoms with Gasteiger partial charge in [0.15, 0.2) is 12.3 Å². The fourth-order valence-electron chi connectivity index (χ4n) is 21.7. The molecule has 0 radical (unpaired) electrons. The minimum absolute atomic E-state index is 0.283. The summed E-state index contributed by atoms with van der Waals surface area (Å²) in [6.45, 7) is 31.7. The molecule has 16 nitrogen and oxygen atoms in total. The highest BCUT2D eigenvalue weighted by Crippen LogP contribution is 2.53. The maximum absolute atomic E-state index is 15.6. The molecule has 0 spiro atoms. The van der Waals surface area contributed by atoms with Gasteiger partial charge in [-0.05, 0) is 258 Å². The maximum atomic E-state index is 15.6. The molecule has 10 atom stereocenters. The lowest BCUT2D eigenvalue weighted by Crippen LogP contribution is -2.35. The summed E-state index contributed by atoms with van der Waals surface area (Å²) < 4.78 is 39.9. The van der Waals surface area contributed by atoms with Crippen LogP contribution in [-0.2, 0) is 61.4 Å². The lowest BCUT2D eigenvalue weighted by molar-refractivity contribution is 0.0355. The molecule has 4 aromatic carbocycles. The van der Waals surface area contributed by atoms with Gasteiger partial charge >= 0.3 is 0 Å². The Labute approximate surface area is 680 Å². The number of aryl methyl sites for hydroxylation is 5. The Morgan fingerprint density at radius 3 is 1.32 bits per heavy atom. The lowest BCUT2D eigenvalue weighted by atomic mass is 9.92. The molecule has 0 aliphatic carbocycles. The predicted molar refractivity (Wildman–Crippen MR) is 455 cm³/mol. The summed E-state index contributed by atoms with van der Waals surface area (Å²) in [7, 11) is 0. The molecule has 115 heavy (non-hydrogen) atoms. The van der Waals surface area contributed by atoms with Crippen molar-refractivity contribution < 1.29 is 29.2 Å². The molecule has 4 saturated heterocycles. The third-order valence-electron chi connectivity index (χ3n) is 26.9. The number of pyridine rings is 4. The Morgan fingerprint density at radius 2 is 0.826 bits per heavy atom. The number of hydrogen-bond acceptors (Lipinski definition) is 12. The summed E-state index contributed by atoms with van der Waals surface area (Å²) in [6.07, 6.45) is 23.1. The average Bonchev–Trinajstić information content (AvgIpc) is 1.59. The number of nitrogens with zero attached hydrogens (tertiary/aromatic N) is 12. The molecular weight excluding hydrogens is 1460 g/mol. The van der Waals surface area contributed by atoms with Gasteiger partial charge in [-0.25, -0.2) is 8.78 Å². The highest BCUT2D eigenvalue weighted by atomic mass is 35.5. The van der Waals surface area contributed by atoms with Crippen LogP contribution in [0.4, 0.5) is 8.78 Å². The van der Waals surface area contributed by atoms with Crippen molar-refractivity contribution in [3.05, 3.63) is 258 Å². The van der Waals surface area contributed by atoms with Gasteiger partial charge < -0.3 is 38.7 Å². The van der Waals surface area contributed by atoms with E-state index < -0.39 is 34.7 Å². The van der Waals surface area contributed by atoms with Crippen LogP contribution in [0.1, 0.15) is 236 Å². The van der Waals surface area contributed by atoms with Crippen LogP contribution in [0.15, 0.2) is 153 Å². The molecule has 19 heteroatoms. The summed E-state index contributed by atoms with van der Waals surface area (Å²) in [4.78, 5) is 26.4. The van der Waals surface area contributed by atoms with E-state index >= 15 is 8.78 Å². The van der Waals surface area contributed by atoms with Crippen LogP contribution in [-0.4, -0.2) is 131 Å². The van der Waals surface area contributed by atoms with Gasteiger partial charge in [-0.1, -0.05) is 72.5 Å². The Morgan fingerprint density at radius 1 is 0.417 bits per heavy atom. The summed E-state index contributed by atoms with van der Waals surface area (Å²) >= 11 is 6.78. The van der Waals surface area contributed by atoms with Gasteiger partial charge in [-0.3, -0.25) is 39.5 Å². The first-order valence-electron chi connectivity index (χ1n) is 42.1. The molecule has 4 N–H and O–H groups in total. The zero-order chi connectivity index (χ0) is 80.3. The van der Waals surface area contributed by atoms with Crippen molar-refractivity contribution in [1.82, 2.24) is 57.8 Å². The SMILES string of the molecule is Cc1cc(C(C)C)c2c(c1)c1c(n2CC(C)(O)c2ccncc2)CCN2CCCC12.Cc1cc(C)c2c(c1)c1c(n2CC(C)(O)c2cccnc2)C(F)CN2CCCC12.Cc1cc(Cl)c2c(c1)c1c(n2CC(C)(O)c2ccncc2)CCN2CCCC12.Cc1ccc2c(c1)c1c(n2CC(C)(O)c2cccnc2)C(F)CN2CCCC12. The fraction of sp³-hybridized carbons (Fsp3) is 0.458. The monoisotopic (exact) mass is 1570 g/mol. The van der Waals surface area contributed by atoms with E-state index in [1.807, 2.05) is 73.0 Å². The van der Waals surface area contributed by atoms with Crippen LogP contribution in [0.5, 0.6) is 0 Å². The summed E-state index contributed by atoms with van der Waals surface area (Å²) in [5, 5.41) is 51.2. The normalized spacial score (nSPS) is 22.6. The van der Waals surface area contributed by atoms with Gasteiger partial charge in [0.05, 0.1) is 59.1 Å². The van der Waals surface area contributed by atoms with Crippen molar-refractivity contribution in [2.75, 3.05) is 52.4 Å². The second kappa shape index (κ2) is 31.1. The van der Waals surface area contributed by atoms with Crippen LogP contribution in [0, 0.1) is 34.6 Å². The van der Waals surface area contributed by atoms with E-state index in [2.05, 4.69) is 150 Å². The van der Waals surface area contributed by atoms with Crippen molar-refractivity contribution in [3.63, 3.8) is 0 Å². The molecule has 8 aromatic heterocycles. The zero-order valence-electron chi connectivity index (χ0n) is 68.8. The van der Waals surface area contributed by atoms with Crippen LogP contribution in [0.2, 0.25) is 5.02 Å². The summed E-state index contributed by atoms with van der Waals surface area (Å²) in [5.41, 5.74) is 20.5. The van der Waals surface area contributed by atoms with Crippen LogP contribution < -0.4 is 0 Å². The smallest absolute Gasteiger partial charge is 0.153 e. The van der Waals surface area contributed by atoms with Gasteiger partial charge in [-0.2, -0.15) is 0 Å². The number of aromatic nitrogens is 8. The van der Waals surface area contributed by atoms with E-state index in [0.717, 1.165) is 147 Å². The van der Waals surface area contributed by atoms with Gasteiger partial charge in [0.2, 0.25) is 0 Å². The van der Waals surface area contributed by atoms with E-state index in [1.165, 1.54) is 105 Å². The first-order chi connectivity index (χ1) is 55.1. The van der Waals surface area contributed by atoms with E-state index in [4.69, 9.17) is 11.6 Å². The van der Waals surface area contributed by atoms with Crippen LogP contribution >= 0.6 is 11.6 Å². The lowest BCUT2D eigenvalue weighted by Gasteiger charge is -2.34. The van der Waals surface area contributed by atoms with Gasteiger partial charge in [-0.15, -0.1) is 0 Å². The molecule has 8 aliphatic rings. The average molecular weight is 1570 g/mol. The molecule has 12 aromatic rings. The van der Waals surface area contributed by atoms with E-state index in [-0.39, 0.29) is 12.1 Å². The number of benzene rings is 4. The third kappa shape index (κ3) is 14.6. The van der Waals surface area contributed by atoms with E-state index in [1.54, 1.807) is 63.4 Å². The van der Waals surface area contributed by atoms with Crippen LogP contribution in [0.25, 0.3) is 43.6 Å². The Hall–Kier alpha value is -8.53. The largest absolute Gasteiger partial charge is 0.384 e. The topological polar surface area (TPSA) is 165 Å². The highest BCUT2D eigenvalue weighted by Gasteiger charge is 2.46. The first-order valence-corrected chi connectivity index (χ1v) is 42.5. The number of rotatable bonds is 13. The second-order valence-electron chi connectivity index (χ2n) is 35.9. The number of hydrogen-bond donors (Lipinski definition) is 4.